The molecule has 0 aliphatic heterocycles. The van der Waals surface area contributed by atoms with Gasteiger partial charge in [-0.1, -0.05) is 0 Å². The van der Waals surface area contributed by atoms with Gasteiger partial charge in [0.2, 0.25) is 0 Å². The van der Waals surface area contributed by atoms with Crippen molar-refractivity contribution in [2.75, 3.05) is 18.0 Å². The molecule has 5 nitrogen and oxygen atoms in total. The van der Waals surface area contributed by atoms with Crippen LogP contribution in [-0.2, 0) is 6.42 Å². The number of aryl methyl sites for hydroxylation is 1. The molecule has 0 saturated heterocycles. The Kier molecular flexibility index (Phi) is 3.79. The van der Waals surface area contributed by atoms with Crippen LogP contribution in [0.4, 0.5) is 16.2 Å². The number of anilines is 2. The molecule has 15 heavy (non-hydrogen) atoms. The third-order valence-electron chi connectivity index (χ3n) is 2.07. The van der Waals surface area contributed by atoms with Crippen LogP contribution < -0.4 is 16.8 Å². The minimum absolute atomic E-state index is 0.420. The van der Waals surface area contributed by atoms with E-state index in [2.05, 4.69) is 5.32 Å². The Balaban J connectivity index is 2.43. The number of nitrogens with two attached hydrogens (primary N) is 2. The van der Waals surface area contributed by atoms with Crippen molar-refractivity contribution < 1.29 is 9.90 Å². The molecule has 0 aliphatic carbocycles. The minimum Gasteiger partial charge on any atom is -0.465 e. The number of rotatable bonds is 4. The number of nitrogens with one attached hydrogen (secondary N) is 1. The molecule has 0 saturated carbocycles. The van der Waals surface area contributed by atoms with Crippen molar-refractivity contribution in [2.45, 2.75) is 12.8 Å². The van der Waals surface area contributed by atoms with Crippen LogP contribution in [0, 0.1) is 0 Å². The Labute approximate surface area is 88.1 Å². The molecule has 0 aromatic heterocycles. The number of carboxylic acid groups (broad SMARTS) is 1. The third-order valence-corrected chi connectivity index (χ3v) is 2.07. The Hall–Kier alpha value is -1.91. The molecule has 1 amide bonds. The van der Waals surface area contributed by atoms with Crippen LogP contribution in [0.25, 0.3) is 0 Å². The molecule has 0 atom stereocenters. The second-order valence-electron chi connectivity index (χ2n) is 3.29. The second kappa shape index (κ2) is 5.09. The molecule has 0 radical (unpaired) electrons. The third kappa shape index (κ3) is 3.76. The highest BCUT2D eigenvalue weighted by Gasteiger charge is 2.00. The molecule has 1 rings (SSSR count). The van der Waals surface area contributed by atoms with Crippen molar-refractivity contribution in [3.8, 4) is 0 Å². The van der Waals surface area contributed by atoms with Crippen LogP contribution in [0.2, 0.25) is 0 Å². The smallest absolute Gasteiger partial charge is 0.404 e. The van der Waals surface area contributed by atoms with Gasteiger partial charge in [-0.3, -0.25) is 0 Å². The maximum atomic E-state index is 10.2. The summed E-state index contributed by atoms with van der Waals surface area (Å²) in [5.74, 6) is 0. The Morgan fingerprint density at radius 3 is 2.80 bits per heavy atom. The van der Waals surface area contributed by atoms with E-state index in [-0.39, 0.29) is 0 Å². The van der Waals surface area contributed by atoms with Gasteiger partial charge in [-0.25, -0.2) is 4.79 Å². The summed E-state index contributed by atoms with van der Waals surface area (Å²) in [5, 5.41) is 10.6. The lowest BCUT2D eigenvalue weighted by Crippen LogP contribution is -2.22. The quantitative estimate of drug-likeness (QED) is 0.439. The summed E-state index contributed by atoms with van der Waals surface area (Å²) in [6, 6.07) is 5.32. The summed E-state index contributed by atoms with van der Waals surface area (Å²) in [7, 11) is 0. The van der Waals surface area contributed by atoms with Crippen LogP contribution in [0.1, 0.15) is 12.0 Å². The molecule has 0 spiro atoms. The Morgan fingerprint density at radius 1 is 1.40 bits per heavy atom. The average molecular weight is 209 g/mol. The predicted octanol–water partition coefficient (Wildman–Crippen LogP) is 1.05. The van der Waals surface area contributed by atoms with Crippen molar-refractivity contribution >= 4 is 17.5 Å². The lowest BCUT2D eigenvalue weighted by Gasteiger charge is -2.06. The van der Waals surface area contributed by atoms with Gasteiger partial charge in [0, 0.05) is 17.9 Å². The molecule has 6 N–H and O–H groups in total. The lowest BCUT2D eigenvalue weighted by atomic mass is 10.1. The second-order valence-corrected chi connectivity index (χ2v) is 3.29. The molecule has 0 heterocycles. The first-order valence-electron chi connectivity index (χ1n) is 4.70. The normalized spacial score (nSPS) is 9.87. The van der Waals surface area contributed by atoms with Gasteiger partial charge in [0.25, 0.3) is 0 Å². The molecule has 0 fully saturated rings. The summed E-state index contributed by atoms with van der Waals surface area (Å²) in [5.41, 5.74) is 13.7. The zero-order chi connectivity index (χ0) is 11.3. The first-order chi connectivity index (χ1) is 7.09. The number of amides is 1. The molecular formula is C10H15N3O2. The van der Waals surface area contributed by atoms with Crippen molar-refractivity contribution in [3.05, 3.63) is 23.8 Å². The first kappa shape index (κ1) is 11.2. The van der Waals surface area contributed by atoms with E-state index in [1.54, 1.807) is 12.1 Å². The summed E-state index contributed by atoms with van der Waals surface area (Å²) >= 11 is 0. The zero-order valence-electron chi connectivity index (χ0n) is 8.36. The molecular weight excluding hydrogens is 194 g/mol. The highest BCUT2D eigenvalue weighted by atomic mass is 16.4. The monoisotopic (exact) mass is 209 g/mol. The molecule has 0 aliphatic rings. The van der Waals surface area contributed by atoms with Gasteiger partial charge in [-0.15, -0.1) is 0 Å². The van der Waals surface area contributed by atoms with Crippen LogP contribution in [0.15, 0.2) is 18.2 Å². The van der Waals surface area contributed by atoms with Gasteiger partial charge in [-0.05, 0) is 36.6 Å². The fraction of sp³-hybridized carbons (Fsp3) is 0.300. The fourth-order valence-corrected chi connectivity index (χ4v) is 1.32. The molecule has 1 aromatic carbocycles. The number of nitrogen functional groups attached to an aromatic ring is 2. The van der Waals surface area contributed by atoms with Gasteiger partial charge in [-0.2, -0.15) is 0 Å². The zero-order valence-corrected chi connectivity index (χ0v) is 8.36. The minimum atomic E-state index is -1.00. The van der Waals surface area contributed by atoms with Crippen molar-refractivity contribution in [1.29, 1.82) is 0 Å². The summed E-state index contributed by atoms with van der Waals surface area (Å²) in [6.45, 7) is 0.420. The van der Waals surface area contributed by atoms with Crippen LogP contribution >= 0.6 is 0 Å². The van der Waals surface area contributed by atoms with E-state index in [0.717, 1.165) is 12.0 Å². The predicted molar refractivity (Wildman–Crippen MR) is 59.6 cm³/mol. The van der Waals surface area contributed by atoms with E-state index in [1.807, 2.05) is 6.07 Å². The fourth-order valence-electron chi connectivity index (χ4n) is 1.32. The van der Waals surface area contributed by atoms with Crippen molar-refractivity contribution in [3.63, 3.8) is 0 Å². The largest absolute Gasteiger partial charge is 0.465 e. The van der Waals surface area contributed by atoms with E-state index in [9.17, 15) is 4.79 Å². The molecule has 82 valence electrons. The van der Waals surface area contributed by atoms with E-state index in [1.165, 1.54) is 0 Å². The lowest BCUT2D eigenvalue weighted by molar-refractivity contribution is 0.194. The molecule has 0 bridgehead atoms. The number of carbonyl (C=O) groups is 1. The maximum Gasteiger partial charge on any atom is 0.404 e. The average Bonchev–Trinajstić information content (AvgIpc) is 2.17. The van der Waals surface area contributed by atoms with Gasteiger partial charge >= 0.3 is 6.09 Å². The van der Waals surface area contributed by atoms with Crippen LogP contribution in [0.3, 0.4) is 0 Å². The topological polar surface area (TPSA) is 101 Å². The number of hydrogen-bond donors (Lipinski definition) is 4. The first-order valence-corrected chi connectivity index (χ1v) is 4.70. The van der Waals surface area contributed by atoms with E-state index >= 15 is 0 Å². The summed E-state index contributed by atoms with van der Waals surface area (Å²) in [6.07, 6.45) is 0.424. The molecule has 0 unspecified atom stereocenters. The van der Waals surface area contributed by atoms with Crippen LogP contribution in [0.5, 0.6) is 0 Å². The molecule has 5 heteroatoms. The van der Waals surface area contributed by atoms with Crippen molar-refractivity contribution in [2.24, 2.45) is 0 Å². The van der Waals surface area contributed by atoms with Gasteiger partial charge < -0.3 is 21.9 Å². The standard InChI is InChI=1S/C10H15N3O2/c11-8-3-4-9(12)7(6-8)2-1-5-13-10(14)15/h3-4,6,13H,1-2,5,11-12H2,(H,14,15). The summed E-state index contributed by atoms with van der Waals surface area (Å²) < 4.78 is 0. The van der Waals surface area contributed by atoms with Crippen LogP contribution in [-0.4, -0.2) is 17.7 Å². The van der Waals surface area contributed by atoms with Gasteiger partial charge in [0.1, 0.15) is 0 Å². The summed E-state index contributed by atoms with van der Waals surface area (Å²) in [4.78, 5) is 10.2. The number of benzene rings is 1. The number of hydrogen-bond acceptors (Lipinski definition) is 3. The van der Waals surface area contributed by atoms with E-state index in [4.69, 9.17) is 16.6 Å². The SMILES string of the molecule is Nc1ccc(N)c(CCCNC(=O)O)c1. The van der Waals surface area contributed by atoms with Gasteiger partial charge in [0.05, 0.1) is 0 Å². The van der Waals surface area contributed by atoms with E-state index in [0.29, 0.717) is 24.3 Å². The Morgan fingerprint density at radius 2 is 2.13 bits per heavy atom. The highest BCUT2D eigenvalue weighted by Crippen LogP contribution is 2.16. The maximum absolute atomic E-state index is 10.2. The van der Waals surface area contributed by atoms with Crippen molar-refractivity contribution in [1.82, 2.24) is 5.32 Å². The van der Waals surface area contributed by atoms with E-state index < -0.39 is 6.09 Å². The Bertz CT molecular complexity index is 353. The highest BCUT2D eigenvalue weighted by molar-refractivity contribution is 5.64. The van der Waals surface area contributed by atoms with Gasteiger partial charge in [0.15, 0.2) is 0 Å². The molecule has 1 aromatic rings.